The summed E-state index contributed by atoms with van der Waals surface area (Å²) in [6.45, 7) is 4.11. The fourth-order valence-electron chi connectivity index (χ4n) is 1.92. The predicted molar refractivity (Wildman–Crippen MR) is 89.5 cm³/mol. The molecule has 0 spiro atoms. The van der Waals surface area contributed by atoms with Crippen LogP contribution in [-0.4, -0.2) is 22.8 Å². The van der Waals surface area contributed by atoms with Gasteiger partial charge in [-0.15, -0.1) is 0 Å². The van der Waals surface area contributed by atoms with Crippen LogP contribution >= 0.6 is 11.6 Å². The normalized spacial score (nSPS) is 10.4. The van der Waals surface area contributed by atoms with Crippen molar-refractivity contribution in [2.45, 2.75) is 26.4 Å². The Bertz CT molecular complexity index is 699. The SMILES string of the molecule is CC(C)NC(=O)c1cncc(C(=O)NCc2ccc(Cl)cc2)c1. The van der Waals surface area contributed by atoms with Crippen LogP contribution in [0.2, 0.25) is 5.02 Å². The maximum atomic E-state index is 12.2. The van der Waals surface area contributed by atoms with Crippen molar-refractivity contribution in [3.05, 3.63) is 64.4 Å². The highest BCUT2D eigenvalue weighted by Gasteiger charge is 2.12. The van der Waals surface area contributed by atoms with Crippen LogP contribution in [0, 0.1) is 0 Å². The van der Waals surface area contributed by atoms with Crippen molar-refractivity contribution in [2.75, 3.05) is 0 Å². The number of carbonyl (C=O) groups is 2. The highest BCUT2D eigenvalue weighted by Crippen LogP contribution is 2.09. The molecule has 0 aliphatic rings. The number of amides is 2. The number of nitrogens with one attached hydrogen (secondary N) is 2. The third kappa shape index (κ3) is 5.07. The van der Waals surface area contributed by atoms with Crippen LogP contribution in [0.5, 0.6) is 0 Å². The number of nitrogens with zero attached hydrogens (tertiary/aromatic N) is 1. The maximum Gasteiger partial charge on any atom is 0.253 e. The van der Waals surface area contributed by atoms with Crippen LogP contribution in [0.4, 0.5) is 0 Å². The zero-order valence-corrected chi connectivity index (χ0v) is 13.7. The lowest BCUT2D eigenvalue weighted by atomic mass is 10.1. The van der Waals surface area contributed by atoms with Crippen molar-refractivity contribution >= 4 is 23.4 Å². The van der Waals surface area contributed by atoms with Gasteiger partial charge in [0.2, 0.25) is 0 Å². The van der Waals surface area contributed by atoms with E-state index in [4.69, 9.17) is 11.6 Å². The summed E-state index contributed by atoms with van der Waals surface area (Å²) in [7, 11) is 0. The molecule has 2 N–H and O–H groups in total. The van der Waals surface area contributed by atoms with Crippen LogP contribution in [-0.2, 0) is 6.54 Å². The molecule has 2 rings (SSSR count). The molecule has 0 fully saturated rings. The summed E-state index contributed by atoms with van der Waals surface area (Å²) in [6.07, 6.45) is 2.87. The molecule has 2 aromatic rings. The molecule has 0 bridgehead atoms. The number of hydrogen-bond donors (Lipinski definition) is 2. The van der Waals surface area contributed by atoms with Gasteiger partial charge >= 0.3 is 0 Å². The van der Waals surface area contributed by atoms with Crippen molar-refractivity contribution in [2.24, 2.45) is 0 Å². The highest BCUT2D eigenvalue weighted by atomic mass is 35.5. The van der Waals surface area contributed by atoms with Crippen molar-refractivity contribution in [1.29, 1.82) is 0 Å². The van der Waals surface area contributed by atoms with E-state index in [2.05, 4.69) is 15.6 Å². The Kier molecular flexibility index (Phi) is 5.71. The summed E-state index contributed by atoms with van der Waals surface area (Å²) in [5.74, 6) is -0.536. The minimum absolute atomic E-state index is 0.0184. The first-order valence-electron chi connectivity index (χ1n) is 7.24. The lowest BCUT2D eigenvalue weighted by Crippen LogP contribution is -2.30. The average Bonchev–Trinajstić information content (AvgIpc) is 2.53. The summed E-state index contributed by atoms with van der Waals surface area (Å²) >= 11 is 5.82. The van der Waals surface area contributed by atoms with Gasteiger partial charge < -0.3 is 10.6 Å². The van der Waals surface area contributed by atoms with Crippen LogP contribution in [0.3, 0.4) is 0 Å². The van der Waals surface area contributed by atoms with Crippen LogP contribution in [0.15, 0.2) is 42.7 Å². The van der Waals surface area contributed by atoms with E-state index in [1.807, 2.05) is 26.0 Å². The van der Waals surface area contributed by atoms with E-state index in [0.717, 1.165) is 5.56 Å². The lowest BCUT2D eigenvalue weighted by Gasteiger charge is -2.09. The molecular weight excluding hydrogens is 314 g/mol. The van der Waals surface area contributed by atoms with Crippen molar-refractivity contribution < 1.29 is 9.59 Å². The van der Waals surface area contributed by atoms with Crippen LogP contribution in [0.25, 0.3) is 0 Å². The van der Waals surface area contributed by atoms with E-state index in [0.29, 0.717) is 22.7 Å². The van der Waals surface area contributed by atoms with Crippen LogP contribution < -0.4 is 10.6 Å². The second-order valence-electron chi connectivity index (χ2n) is 5.40. The standard InChI is InChI=1S/C17H18ClN3O2/c1-11(2)21-17(23)14-7-13(9-19-10-14)16(22)20-8-12-3-5-15(18)6-4-12/h3-7,9-11H,8H2,1-2H3,(H,20,22)(H,21,23). The van der Waals surface area contributed by atoms with Gasteiger partial charge in [-0.3, -0.25) is 14.6 Å². The minimum atomic E-state index is -0.286. The van der Waals surface area contributed by atoms with Gasteiger partial charge in [0.25, 0.3) is 11.8 Å². The Hall–Kier alpha value is -2.40. The second-order valence-corrected chi connectivity index (χ2v) is 5.84. The number of pyridine rings is 1. The third-order valence-electron chi connectivity index (χ3n) is 3.05. The molecule has 0 radical (unpaired) electrons. The Balaban J connectivity index is 2.02. The van der Waals surface area contributed by atoms with Gasteiger partial charge in [-0.2, -0.15) is 0 Å². The number of carbonyl (C=O) groups excluding carboxylic acids is 2. The molecule has 0 atom stereocenters. The van der Waals surface area contributed by atoms with E-state index >= 15 is 0 Å². The Morgan fingerprint density at radius 3 is 2.30 bits per heavy atom. The molecule has 0 aliphatic heterocycles. The molecular formula is C17H18ClN3O2. The fourth-order valence-corrected chi connectivity index (χ4v) is 2.05. The van der Waals surface area contributed by atoms with E-state index in [1.165, 1.54) is 18.5 Å². The Labute approximate surface area is 140 Å². The van der Waals surface area contributed by atoms with Crippen molar-refractivity contribution in [3.8, 4) is 0 Å². The molecule has 6 heteroatoms. The van der Waals surface area contributed by atoms with E-state index in [1.54, 1.807) is 12.1 Å². The number of halogens is 1. The quantitative estimate of drug-likeness (QED) is 0.885. The molecule has 1 aromatic heterocycles. The van der Waals surface area contributed by atoms with Gasteiger partial charge in [-0.05, 0) is 37.6 Å². The summed E-state index contributed by atoms with van der Waals surface area (Å²) in [6, 6.07) is 8.76. The van der Waals surface area contributed by atoms with E-state index in [9.17, 15) is 9.59 Å². The Morgan fingerprint density at radius 1 is 1.09 bits per heavy atom. The highest BCUT2D eigenvalue weighted by molar-refractivity contribution is 6.30. The van der Waals surface area contributed by atoms with E-state index in [-0.39, 0.29) is 17.9 Å². The second kappa shape index (κ2) is 7.74. The molecule has 120 valence electrons. The van der Waals surface area contributed by atoms with Gasteiger partial charge in [0.05, 0.1) is 11.1 Å². The molecule has 1 heterocycles. The first-order valence-corrected chi connectivity index (χ1v) is 7.62. The Morgan fingerprint density at radius 2 is 1.70 bits per heavy atom. The molecule has 23 heavy (non-hydrogen) atoms. The van der Waals surface area contributed by atoms with Gasteiger partial charge in [0.15, 0.2) is 0 Å². The molecule has 5 nitrogen and oxygen atoms in total. The van der Waals surface area contributed by atoms with Gasteiger partial charge in [0.1, 0.15) is 0 Å². The summed E-state index contributed by atoms with van der Waals surface area (Å²) in [5.41, 5.74) is 1.64. The largest absolute Gasteiger partial charge is 0.350 e. The molecule has 0 saturated carbocycles. The summed E-state index contributed by atoms with van der Waals surface area (Å²) in [4.78, 5) is 28.1. The molecule has 0 saturated heterocycles. The zero-order chi connectivity index (χ0) is 16.8. The number of aromatic nitrogens is 1. The van der Waals surface area contributed by atoms with Gasteiger partial charge in [0, 0.05) is 30.0 Å². The fraction of sp³-hybridized carbons (Fsp3) is 0.235. The summed E-state index contributed by atoms with van der Waals surface area (Å²) in [5, 5.41) is 6.20. The molecule has 2 amide bonds. The number of rotatable bonds is 5. The van der Waals surface area contributed by atoms with Crippen molar-refractivity contribution in [3.63, 3.8) is 0 Å². The van der Waals surface area contributed by atoms with Crippen LogP contribution in [0.1, 0.15) is 40.1 Å². The third-order valence-corrected chi connectivity index (χ3v) is 3.30. The van der Waals surface area contributed by atoms with E-state index < -0.39 is 0 Å². The zero-order valence-electron chi connectivity index (χ0n) is 13.0. The smallest absolute Gasteiger partial charge is 0.253 e. The molecule has 0 aliphatic carbocycles. The van der Waals surface area contributed by atoms with Gasteiger partial charge in [-0.1, -0.05) is 23.7 Å². The topological polar surface area (TPSA) is 71.1 Å². The first kappa shape index (κ1) is 17.0. The summed E-state index contributed by atoms with van der Waals surface area (Å²) < 4.78 is 0. The average molecular weight is 332 g/mol. The van der Waals surface area contributed by atoms with Crippen molar-refractivity contribution in [1.82, 2.24) is 15.6 Å². The maximum absolute atomic E-state index is 12.2. The number of benzene rings is 1. The minimum Gasteiger partial charge on any atom is -0.350 e. The first-order chi connectivity index (χ1) is 11.0. The molecule has 1 aromatic carbocycles. The monoisotopic (exact) mass is 331 g/mol. The molecule has 0 unspecified atom stereocenters. The lowest BCUT2D eigenvalue weighted by molar-refractivity contribution is 0.0942. The number of hydrogen-bond acceptors (Lipinski definition) is 3. The predicted octanol–water partition coefficient (Wildman–Crippen LogP) is 2.80. The van der Waals surface area contributed by atoms with Gasteiger partial charge in [-0.25, -0.2) is 0 Å².